The number of carboxylic acid groups (broad SMARTS) is 1. The molecule has 1 amide bonds. The van der Waals surface area contributed by atoms with Crippen LogP contribution in [-0.4, -0.2) is 34.4 Å². The topological polar surface area (TPSA) is 87.1 Å². The minimum Gasteiger partial charge on any atom is -0.508 e. The quantitative estimate of drug-likeness (QED) is 0.806. The molecule has 2 rings (SSSR count). The number of phenolic OH excluding ortho intramolecular Hbond substituents is 1. The molecule has 1 fully saturated rings. The van der Waals surface area contributed by atoms with E-state index >= 15 is 0 Å². The standard InChI is InChI=1S/C11H11NO5/c1-11(9(14)15)6-12(10(16)17-11)7-3-2-4-8(13)5-7/h2-5,13H,6H2,1H3,(H,14,15). The van der Waals surface area contributed by atoms with Crippen LogP contribution in [0.1, 0.15) is 6.92 Å². The van der Waals surface area contributed by atoms with E-state index in [1.165, 1.54) is 24.0 Å². The maximum atomic E-state index is 11.6. The van der Waals surface area contributed by atoms with Crippen molar-refractivity contribution in [3.8, 4) is 5.75 Å². The van der Waals surface area contributed by atoms with Gasteiger partial charge in [0.05, 0.1) is 12.2 Å². The Hall–Kier alpha value is -2.24. The molecule has 0 aromatic heterocycles. The number of hydrogen-bond acceptors (Lipinski definition) is 4. The molecule has 1 saturated heterocycles. The van der Waals surface area contributed by atoms with Gasteiger partial charge in [-0.25, -0.2) is 9.59 Å². The Morgan fingerprint density at radius 2 is 2.24 bits per heavy atom. The number of phenols is 1. The lowest BCUT2D eigenvalue weighted by Gasteiger charge is -2.16. The molecule has 1 aliphatic rings. The van der Waals surface area contributed by atoms with Gasteiger partial charge in [-0.2, -0.15) is 0 Å². The van der Waals surface area contributed by atoms with Crippen LogP contribution in [-0.2, 0) is 9.53 Å². The molecule has 0 radical (unpaired) electrons. The molecule has 0 saturated carbocycles. The van der Waals surface area contributed by atoms with Gasteiger partial charge in [-0.15, -0.1) is 0 Å². The Morgan fingerprint density at radius 1 is 1.53 bits per heavy atom. The van der Waals surface area contributed by atoms with Crippen molar-refractivity contribution < 1.29 is 24.5 Å². The van der Waals surface area contributed by atoms with Gasteiger partial charge in [0.15, 0.2) is 0 Å². The van der Waals surface area contributed by atoms with Crippen LogP contribution in [0.4, 0.5) is 10.5 Å². The van der Waals surface area contributed by atoms with Gasteiger partial charge in [0, 0.05) is 6.07 Å². The van der Waals surface area contributed by atoms with Crippen LogP contribution in [0, 0.1) is 0 Å². The number of carboxylic acids is 1. The first kappa shape index (κ1) is 11.3. The zero-order valence-corrected chi connectivity index (χ0v) is 9.08. The Bertz CT molecular complexity index is 487. The predicted octanol–water partition coefficient (Wildman–Crippen LogP) is 1.19. The summed E-state index contributed by atoms with van der Waals surface area (Å²) in [5, 5.41) is 18.3. The predicted molar refractivity (Wildman–Crippen MR) is 58.0 cm³/mol. The summed E-state index contributed by atoms with van der Waals surface area (Å²) in [4.78, 5) is 23.7. The highest BCUT2D eigenvalue weighted by atomic mass is 16.6. The van der Waals surface area contributed by atoms with Crippen molar-refractivity contribution in [2.75, 3.05) is 11.4 Å². The van der Waals surface area contributed by atoms with Crippen molar-refractivity contribution >= 4 is 17.7 Å². The molecule has 1 aromatic rings. The monoisotopic (exact) mass is 237 g/mol. The molecule has 1 atom stereocenters. The molecule has 0 spiro atoms. The summed E-state index contributed by atoms with van der Waals surface area (Å²) in [7, 11) is 0. The third-order valence-corrected chi connectivity index (χ3v) is 2.59. The molecule has 6 heteroatoms. The van der Waals surface area contributed by atoms with E-state index in [2.05, 4.69) is 0 Å². The van der Waals surface area contributed by atoms with E-state index in [1.807, 2.05) is 0 Å². The number of carbonyl (C=O) groups is 2. The van der Waals surface area contributed by atoms with Crippen LogP contribution in [0.15, 0.2) is 24.3 Å². The summed E-state index contributed by atoms with van der Waals surface area (Å²) < 4.78 is 4.82. The minimum absolute atomic E-state index is 0.000715. The van der Waals surface area contributed by atoms with Gasteiger partial charge in [0.2, 0.25) is 5.60 Å². The number of anilines is 1. The minimum atomic E-state index is -1.55. The molecule has 1 heterocycles. The van der Waals surface area contributed by atoms with E-state index in [0.717, 1.165) is 0 Å². The third kappa shape index (κ3) is 1.89. The van der Waals surface area contributed by atoms with Crippen LogP contribution in [0.2, 0.25) is 0 Å². The Kier molecular flexibility index (Phi) is 2.42. The van der Waals surface area contributed by atoms with Gasteiger partial charge in [0.1, 0.15) is 5.75 Å². The summed E-state index contributed by atoms with van der Waals surface area (Å²) in [6, 6.07) is 5.99. The molecular weight excluding hydrogens is 226 g/mol. The first-order valence-corrected chi connectivity index (χ1v) is 4.95. The van der Waals surface area contributed by atoms with Crippen molar-refractivity contribution in [1.82, 2.24) is 0 Å². The lowest BCUT2D eigenvalue weighted by molar-refractivity contribution is -0.152. The Balaban J connectivity index is 2.30. The number of carbonyl (C=O) groups excluding carboxylic acids is 1. The zero-order valence-electron chi connectivity index (χ0n) is 9.08. The van der Waals surface area contributed by atoms with Gasteiger partial charge < -0.3 is 14.9 Å². The van der Waals surface area contributed by atoms with E-state index in [0.29, 0.717) is 5.69 Å². The smallest absolute Gasteiger partial charge is 0.415 e. The number of rotatable bonds is 2. The number of benzene rings is 1. The van der Waals surface area contributed by atoms with Gasteiger partial charge in [-0.1, -0.05) is 6.07 Å². The van der Waals surface area contributed by atoms with Crippen LogP contribution < -0.4 is 4.90 Å². The highest BCUT2D eigenvalue weighted by Crippen LogP contribution is 2.29. The van der Waals surface area contributed by atoms with Crippen LogP contribution in [0.5, 0.6) is 5.75 Å². The molecule has 1 aromatic carbocycles. The summed E-state index contributed by atoms with van der Waals surface area (Å²) >= 11 is 0. The van der Waals surface area contributed by atoms with Crippen LogP contribution in [0.3, 0.4) is 0 Å². The van der Waals surface area contributed by atoms with Crippen LogP contribution >= 0.6 is 0 Å². The van der Waals surface area contributed by atoms with E-state index in [9.17, 15) is 14.7 Å². The van der Waals surface area contributed by atoms with Crippen molar-refractivity contribution in [2.24, 2.45) is 0 Å². The largest absolute Gasteiger partial charge is 0.508 e. The SMILES string of the molecule is CC1(C(=O)O)CN(c2cccc(O)c2)C(=O)O1. The zero-order chi connectivity index (χ0) is 12.6. The maximum absolute atomic E-state index is 11.6. The average molecular weight is 237 g/mol. The van der Waals surface area contributed by atoms with Crippen molar-refractivity contribution in [3.05, 3.63) is 24.3 Å². The number of aromatic hydroxyl groups is 1. The van der Waals surface area contributed by atoms with E-state index < -0.39 is 17.7 Å². The first-order chi connectivity index (χ1) is 7.92. The molecule has 17 heavy (non-hydrogen) atoms. The van der Waals surface area contributed by atoms with E-state index in [1.54, 1.807) is 12.1 Å². The van der Waals surface area contributed by atoms with Gasteiger partial charge in [0.25, 0.3) is 0 Å². The highest BCUT2D eigenvalue weighted by molar-refractivity contribution is 5.95. The summed E-state index contributed by atoms with van der Waals surface area (Å²) in [6.45, 7) is 1.24. The lowest BCUT2D eigenvalue weighted by atomic mass is 10.1. The van der Waals surface area contributed by atoms with Gasteiger partial charge in [-0.3, -0.25) is 4.90 Å². The second-order valence-electron chi connectivity index (χ2n) is 4.01. The van der Waals surface area contributed by atoms with Crippen molar-refractivity contribution in [1.29, 1.82) is 0 Å². The summed E-state index contributed by atoms with van der Waals surface area (Å²) in [5.41, 5.74) is -1.15. The van der Waals surface area contributed by atoms with Crippen LogP contribution in [0.25, 0.3) is 0 Å². The maximum Gasteiger partial charge on any atom is 0.415 e. The second-order valence-corrected chi connectivity index (χ2v) is 4.01. The van der Waals surface area contributed by atoms with Gasteiger partial charge in [-0.05, 0) is 19.1 Å². The number of aliphatic carboxylic acids is 1. The van der Waals surface area contributed by atoms with Gasteiger partial charge >= 0.3 is 12.1 Å². The highest BCUT2D eigenvalue weighted by Gasteiger charge is 2.48. The Morgan fingerprint density at radius 3 is 2.76 bits per heavy atom. The molecule has 0 bridgehead atoms. The number of ether oxygens (including phenoxy) is 1. The number of nitrogens with zero attached hydrogens (tertiary/aromatic N) is 1. The number of cyclic esters (lactones) is 1. The summed E-state index contributed by atoms with van der Waals surface area (Å²) in [6.07, 6.45) is -0.736. The fourth-order valence-corrected chi connectivity index (χ4v) is 1.62. The van der Waals surface area contributed by atoms with E-state index in [4.69, 9.17) is 9.84 Å². The molecule has 1 unspecified atom stereocenters. The molecular formula is C11H11NO5. The molecule has 1 aliphatic heterocycles. The molecule has 90 valence electrons. The number of hydrogen-bond donors (Lipinski definition) is 2. The fraction of sp³-hybridized carbons (Fsp3) is 0.273. The average Bonchev–Trinajstić information content (AvgIpc) is 2.56. The summed E-state index contributed by atoms with van der Waals surface area (Å²) in [5.74, 6) is -1.20. The molecule has 6 nitrogen and oxygen atoms in total. The van der Waals surface area contributed by atoms with Crippen molar-refractivity contribution in [3.63, 3.8) is 0 Å². The number of amides is 1. The normalized spacial score (nSPS) is 23.6. The van der Waals surface area contributed by atoms with Crippen molar-refractivity contribution in [2.45, 2.75) is 12.5 Å². The lowest BCUT2D eigenvalue weighted by Crippen LogP contribution is -2.39. The second kappa shape index (κ2) is 3.65. The third-order valence-electron chi connectivity index (χ3n) is 2.59. The Labute approximate surface area is 97.0 Å². The van der Waals surface area contributed by atoms with E-state index in [-0.39, 0.29) is 12.3 Å². The fourth-order valence-electron chi connectivity index (χ4n) is 1.62. The first-order valence-electron chi connectivity index (χ1n) is 4.95. The molecule has 0 aliphatic carbocycles. The molecule has 2 N–H and O–H groups in total.